The van der Waals surface area contributed by atoms with Crippen LogP contribution in [0.4, 0.5) is 0 Å². The Balaban J connectivity index is 2.79. The second-order valence-corrected chi connectivity index (χ2v) is 7.15. The number of hydrogen-bond donors (Lipinski definition) is 0. The Labute approximate surface area is 128 Å². The quantitative estimate of drug-likeness (QED) is 0.472. The maximum atomic E-state index is 11.5. The molecule has 0 heterocycles. The number of amides is 1. The number of nitrogens with zero attached hydrogens (tertiary/aromatic N) is 3. The third-order valence-electron chi connectivity index (χ3n) is 2.24. The molecule has 0 atom stereocenters. The zero-order valence-corrected chi connectivity index (χ0v) is 13.7. The fraction of sp³-hybridized carbons (Fsp3) is 0.308. The van der Waals surface area contributed by atoms with Gasteiger partial charge in [0.1, 0.15) is 5.75 Å². The Kier molecular flexibility index (Phi) is 6.57. The van der Waals surface area contributed by atoms with E-state index in [1.54, 1.807) is 19.5 Å². The highest BCUT2D eigenvalue weighted by molar-refractivity contribution is 8.13. The number of benzene rings is 1. The molecule has 0 aliphatic heterocycles. The normalized spacial score (nSPS) is 12.6. The number of aliphatic imine (C=N–C) groups is 1. The van der Waals surface area contributed by atoms with Crippen LogP contribution in [0.1, 0.15) is 5.56 Å². The van der Waals surface area contributed by atoms with Crippen molar-refractivity contribution in [1.29, 1.82) is 0 Å². The van der Waals surface area contributed by atoms with Gasteiger partial charge in [-0.1, -0.05) is 42.1 Å². The van der Waals surface area contributed by atoms with Gasteiger partial charge >= 0.3 is 0 Å². The fourth-order valence-electron chi connectivity index (χ4n) is 1.36. The number of carbonyl (C=O) groups excluding carboxylic acids is 1. The predicted octanol–water partition coefficient (Wildman–Crippen LogP) is 1.24. The molecule has 1 aromatic rings. The summed E-state index contributed by atoms with van der Waals surface area (Å²) in [6, 6.07) is 9.46. The summed E-state index contributed by atoms with van der Waals surface area (Å²) in [5.74, 6) is -1.31. The third-order valence-corrected chi connectivity index (χ3v) is 3.74. The summed E-state index contributed by atoms with van der Waals surface area (Å²) in [5.41, 5.74) is 0.910. The highest BCUT2D eigenvalue weighted by atomic mass is 32.2. The molecule has 0 fully saturated rings. The van der Waals surface area contributed by atoms with Crippen LogP contribution in [0.5, 0.6) is 0 Å². The van der Waals surface area contributed by atoms with Crippen LogP contribution in [0.25, 0.3) is 0 Å². The lowest BCUT2D eigenvalue weighted by Crippen LogP contribution is -2.21. The van der Waals surface area contributed by atoms with E-state index in [0.717, 1.165) is 11.8 Å². The summed E-state index contributed by atoms with van der Waals surface area (Å²) in [5, 5.41) is 5.93. The second kappa shape index (κ2) is 7.94. The molecule has 1 aromatic carbocycles. The Morgan fingerprint density at radius 2 is 1.95 bits per heavy atom. The number of amidine groups is 1. The molecule has 0 saturated carbocycles. The number of sulfone groups is 1. The largest absolute Gasteiger partial charge is 0.271 e. The molecule has 0 saturated heterocycles. The van der Waals surface area contributed by atoms with Gasteiger partial charge in [-0.2, -0.15) is 10.1 Å². The van der Waals surface area contributed by atoms with Crippen molar-refractivity contribution in [1.82, 2.24) is 5.01 Å². The lowest BCUT2D eigenvalue weighted by molar-refractivity contribution is -0.115. The SMILES string of the molecule is CSC(=NC(=O)CS(C)(=O)=O)N(C)N=Cc1ccccc1. The fourth-order valence-corrected chi connectivity index (χ4v) is 2.37. The number of rotatable bonds is 4. The van der Waals surface area contributed by atoms with Gasteiger partial charge in [-0.05, 0) is 11.8 Å². The Hall–Kier alpha value is -1.67. The average Bonchev–Trinajstić information content (AvgIpc) is 2.41. The Bertz CT molecular complexity index is 640. The molecule has 1 amide bonds. The van der Waals surface area contributed by atoms with Crippen LogP contribution in [-0.2, 0) is 14.6 Å². The van der Waals surface area contributed by atoms with Gasteiger partial charge in [-0.15, -0.1) is 0 Å². The minimum Gasteiger partial charge on any atom is -0.271 e. The van der Waals surface area contributed by atoms with E-state index in [9.17, 15) is 13.2 Å². The van der Waals surface area contributed by atoms with E-state index in [4.69, 9.17) is 0 Å². The Morgan fingerprint density at radius 3 is 2.48 bits per heavy atom. The standard InChI is InChI=1S/C13H17N3O3S2/c1-16(14-9-11-7-5-4-6-8-11)13(20-2)15-12(17)10-21(3,18)19/h4-9H,10H2,1-3H3. The van der Waals surface area contributed by atoms with E-state index in [2.05, 4.69) is 10.1 Å². The van der Waals surface area contributed by atoms with Crippen molar-refractivity contribution in [3.8, 4) is 0 Å². The number of hydrogen-bond acceptors (Lipinski definition) is 5. The predicted molar refractivity (Wildman–Crippen MR) is 87.5 cm³/mol. The molecule has 0 aliphatic carbocycles. The molecule has 0 spiro atoms. The number of carbonyl (C=O) groups is 1. The molecule has 0 aliphatic rings. The van der Waals surface area contributed by atoms with Crippen LogP contribution in [0.15, 0.2) is 40.4 Å². The first kappa shape index (κ1) is 17.4. The number of thioether (sulfide) groups is 1. The molecule has 21 heavy (non-hydrogen) atoms. The summed E-state index contributed by atoms with van der Waals surface area (Å²) in [7, 11) is -1.74. The summed E-state index contributed by atoms with van der Waals surface area (Å²) in [6.07, 6.45) is 4.37. The molecule has 0 aromatic heterocycles. The maximum absolute atomic E-state index is 11.5. The Morgan fingerprint density at radius 1 is 1.33 bits per heavy atom. The molecular weight excluding hydrogens is 310 g/mol. The molecule has 1 rings (SSSR count). The van der Waals surface area contributed by atoms with Crippen molar-refractivity contribution in [2.75, 3.05) is 25.3 Å². The van der Waals surface area contributed by atoms with Crippen LogP contribution in [0, 0.1) is 0 Å². The minimum atomic E-state index is -3.38. The van der Waals surface area contributed by atoms with E-state index in [1.165, 1.54) is 16.8 Å². The summed E-state index contributed by atoms with van der Waals surface area (Å²) in [6.45, 7) is 0. The van der Waals surface area contributed by atoms with Crippen molar-refractivity contribution in [3.63, 3.8) is 0 Å². The van der Waals surface area contributed by atoms with Gasteiger partial charge in [0.05, 0.1) is 6.21 Å². The summed E-state index contributed by atoms with van der Waals surface area (Å²) >= 11 is 1.21. The van der Waals surface area contributed by atoms with Crippen LogP contribution in [0.3, 0.4) is 0 Å². The van der Waals surface area contributed by atoms with Crippen LogP contribution >= 0.6 is 11.8 Å². The summed E-state index contributed by atoms with van der Waals surface area (Å²) < 4.78 is 22.1. The topological polar surface area (TPSA) is 79.2 Å². The number of hydrazone groups is 1. The molecule has 0 N–H and O–H groups in total. The zero-order chi connectivity index (χ0) is 15.9. The lowest BCUT2D eigenvalue weighted by atomic mass is 10.2. The van der Waals surface area contributed by atoms with Crippen LogP contribution in [-0.4, -0.2) is 56.0 Å². The highest BCUT2D eigenvalue weighted by Gasteiger charge is 2.12. The van der Waals surface area contributed by atoms with E-state index >= 15 is 0 Å². The van der Waals surface area contributed by atoms with Gasteiger partial charge in [-0.25, -0.2) is 13.4 Å². The van der Waals surface area contributed by atoms with Gasteiger partial charge in [-0.3, -0.25) is 4.79 Å². The molecule has 8 heteroatoms. The van der Waals surface area contributed by atoms with Crippen molar-refractivity contribution in [3.05, 3.63) is 35.9 Å². The monoisotopic (exact) mass is 327 g/mol. The lowest BCUT2D eigenvalue weighted by Gasteiger charge is -2.12. The second-order valence-electron chi connectivity index (χ2n) is 4.24. The molecule has 114 valence electrons. The first-order valence-corrected chi connectivity index (χ1v) is 9.26. The third kappa shape index (κ3) is 7.05. The maximum Gasteiger partial charge on any atom is 0.263 e. The molecule has 6 nitrogen and oxygen atoms in total. The first-order valence-electron chi connectivity index (χ1n) is 5.98. The van der Waals surface area contributed by atoms with Crippen molar-refractivity contribution in [2.45, 2.75) is 0 Å². The highest BCUT2D eigenvalue weighted by Crippen LogP contribution is 2.05. The molecule has 0 unspecified atom stereocenters. The molecule has 0 radical (unpaired) electrons. The zero-order valence-electron chi connectivity index (χ0n) is 12.1. The van der Waals surface area contributed by atoms with Crippen molar-refractivity contribution < 1.29 is 13.2 Å². The van der Waals surface area contributed by atoms with Gasteiger partial charge in [0.2, 0.25) is 0 Å². The van der Waals surface area contributed by atoms with E-state index in [1.807, 2.05) is 30.3 Å². The van der Waals surface area contributed by atoms with E-state index in [-0.39, 0.29) is 0 Å². The van der Waals surface area contributed by atoms with Crippen LogP contribution in [0.2, 0.25) is 0 Å². The van der Waals surface area contributed by atoms with Crippen LogP contribution < -0.4 is 0 Å². The summed E-state index contributed by atoms with van der Waals surface area (Å²) in [4.78, 5) is 15.3. The van der Waals surface area contributed by atoms with Crippen molar-refractivity contribution >= 4 is 38.9 Å². The van der Waals surface area contributed by atoms with Gasteiger partial charge < -0.3 is 0 Å². The van der Waals surface area contributed by atoms with Crippen molar-refractivity contribution in [2.24, 2.45) is 10.1 Å². The first-order chi connectivity index (χ1) is 9.81. The van der Waals surface area contributed by atoms with E-state index < -0.39 is 21.5 Å². The smallest absolute Gasteiger partial charge is 0.263 e. The molecular formula is C13H17N3O3S2. The molecule has 0 bridgehead atoms. The minimum absolute atomic E-state index is 0.329. The van der Waals surface area contributed by atoms with E-state index in [0.29, 0.717) is 5.17 Å². The van der Waals surface area contributed by atoms with Gasteiger partial charge in [0, 0.05) is 13.3 Å². The average molecular weight is 327 g/mol. The van der Waals surface area contributed by atoms with Gasteiger partial charge in [0.25, 0.3) is 5.91 Å². The van der Waals surface area contributed by atoms with Gasteiger partial charge in [0.15, 0.2) is 15.0 Å².